The van der Waals surface area contributed by atoms with Crippen LogP contribution in [0.15, 0.2) is 56.8 Å². The first-order chi connectivity index (χ1) is 13.3. The maximum atomic E-state index is 12.2. The lowest BCUT2D eigenvalue weighted by molar-refractivity contribution is -0.144. The van der Waals surface area contributed by atoms with Gasteiger partial charge in [0.05, 0.1) is 15.6 Å². The van der Waals surface area contributed by atoms with Gasteiger partial charge in [0.25, 0.3) is 5.91 Å². The Kier molecular flexibility index (Phi) is 6.43. The summed E-state index contributed by atoms with van der Waals surface area (Å²) in [5, 5.41) is 12.6. The minimum absolute atomic E-state index is 0.244. The fourth-order valence-electron chi connectivity index (χ4n) is 2.20. The molecule has 144 valence electrons. The Labute approximate surface area is 178 Å². The lowest BCUT2D eigenvalue weighted by Gasteiger charge is -2.10. The standard InChI is InChI=1S/C19H14BrClN2O4S/c1-10(18(25)26)27-13-5-2-11(3-6-13)8-16-17(24)23-19(28-16)22-12-4-7-14(20)15(21)9-12/h2-10H,1H3,(H,25,26)(H,22,23,24)/b16-8-. The minimum atomic E-state index is -1.04. The van der Waals surface area contributed by atoms with Crippen molar-refractivity contribution in [2.75, 3.05) is 0 Å². The summed E-state index contributed by atoms with van der Waals surface area (Å²) in [5.41, 5.74) is 1.41. The Bertz CT molecular complexity index is 992. The fourth-order valence-corrected chi connectivity index (χ4v) is 3.46. The van der Waals surface area contributed by atoms with E-state index in [2.05, 4.69) is 26.2 Å². The molecule has 9 heteroatoms. The summed E-state index contributed by atoms with van der Waals surface area (Å²) in [6, 6.07) is 12.1. The molecule has 1 heterocycles. The van der Waals surface area contributed by atoms with E-state index < -0.39 is 12.1 Å². The molecule has 1 unspecified atom stereocenters. The molecule has 1 fully saturated rings. The molecule has 1 amide bonds. The fraction of sp³-hybridized carbons (Fsp3) is 0.105. The number of rotatable bonds is 5. The van der Waals surface area contributed by atoms with Crippen LogP contribution in [0.25, 0.3) is 6.08 Å². The predicted molar refractivity (Wildman–Crippen MR) is 114 cm³/mol. The molecule has 2 N–H and O–H groups in total. The first-order valence-corrected chi connectivity index (χ1v) is 10.0. The van der Waals surface area contributed by atoms with Gasteiger partial charge in [-0.1, -0.05) is 23.7 Å². The Morgan fingerprint density at radius 2 is 2.04 bits per heavy atom. The maximum absolute atomic E-state index is 12.2. The average Bonchev–Trinajstić information content (AvgIpc) is 2.98. The van der Waals surface area contributed by atoms with Gasteiger partial charge in [0, 0.05) is 4.47 Å². The molecule has 1 aliphatic rings. The summed E-state index contributed by atoms with van der Waals surface area (Å²) < 4.78 is 6.06. The number of thioether (sulfide) groups is 1. The first kappa shape index (κ1) is 20.4. The van der Waals surface area contributed by atoms with Gasteiger partial charge in [0.2, 0.25) is 0 Å². The van der Waals surface area contributed by atoms with E-state index in [1.165, 1.54) is 18.7 Å². The molecule has 2 aromatic rings. The highest BCUT2D eigenvalue weighted by Gasteiger charge is 2.24. The zero-order valence-electron chi connectivity index (χ0n) is 14.5. The highest BCUT2D eigenvalue weighted by Crippen LogP contribution is 2.31. The van der Waals surface area contributed by atoms with Crippen LogP contribution in [0.4, 0.5) is 5.69 Å². The topological polar surface area (TPSA) is 88.0 Å². The molecular formula is C19H14BrClN2O4S. The number of hydrogen-bond donors (Lipinski definition) is 2. The van der Waals surface area contributed by atoms with Crippen LogP contribution < -0.4 is 10.1 Å². The van der Waals surface area contributed by atoms with Gasteiger partial charge in [0.15, 0.2) is 11.3 Å². The number of amides is 1. The maximum Gasteiger partial charge on any atom is 0.344 e. The molecule has 0 saturated carbocycles. The number of aliphatic carboxylic acids is 1. The molecule has 0 aromatic heterocycles. The van der Waals surface area contributed by atoms with Gasteiger partial charge in [-0.2, -0.15) is 0 Å². The van der Waals surface area contributed by atoms with Crippen LogP contribution in [0.3, 0.4) is 0 Å². The molecule has 6 nitrogen and oxygen atoms in total. The number of carboxylic acid groups (broad SMARTS) is 1. The second-order valence-corrected chi connectivity index (χ2v) is 8.04. The molecule has 0 aliphatic carbocycles. The second kappa shape index (κ2) is 8.81. The van der Waals surface area contributed by atoms with E-state index in [1.807, 2.05) is 0 Å². The molecule has 0 radical (unpaired) electrons. The minimum Gasteiger partial charge on any atom is -0.479 e. The van der Waals surface area contributed by atoms with Crippen LogP contribution in [-0.2, 0) is 9.59 Å². The third kappa shape index (κ3) is 5.15. The van der Waals surface area contributed by atoms with Crippen molar-refractivity contribution in [1.29, 1.82) is 0 Å². The van der Waals surface area contributed by atoms with E-state index in [0.717, 1.165) is 10.0 Å². The lowest BCUT2D eigenvalue weighted by Crippen LogP contribution is -2.22. The van der Waals surface area contributed by atoms with Crippen LogP contribution >= 0.6 is 39.3 Å². The van der Waals surface area contributed by atoms with E-state index >= 15 is 0 Å². The first-order valence-electron chi connectivity index (χ1n) is 8.06. The summed E-state index contributed by atoms with van der Waals surface area (Å²) in [4.78, 5) is 27.9. The van der Waals surface area contributed by atoms with Gasteiger partial charge in [-0.25, -0.2) is 9.79 Å². The van der Waals surface area contributed by atoms with Crippen molar-refractivity contribution < 1.29 is 19.4 Å². The van der Waals surface area contributed by atoms with Gasteiger partial charge in [-0.05, 0) is 76.6 Å². The monoisotopic (exact) mass is 480 g/mol. The molecule has 0 spiro atoms. The number of nitrogens with zero attached hydrogens (tertiary/aromatic N) is 1. The number of benzene rings is 2. The molecular weight excluding hydrogens is 468 g/mol. The summed E-state index contributed by atoms with van der Waals surface area (Å²) in [5.74, 6) is -0.842. The van der Waals surface area contributed by atoms with Crippen molar-refractivity contribution in [3.63, 3.8) is 0 Å². The Hall–Kier alpha value is -2.29. The van der Waals surface area contributed by atoms with E-state index in [9.17, 15) is 9.59 Å². The van der Waals surface area contributed by atoms with Crippen LogP contribution in [0.5, 0.6) is 5.75 Å². The third-order valence-electron chi connectivity index (χ3n) is 3.62. The number of nitrogens with one attached hydrogen (secondary N) is 1. The van der Waals surface area contributed by atoms with Crippen LogP contribution in [0.1, 0.15) is 12.5 Å². The van der Waals surface area contributed by atoms with Crippen molar-refractivity contribution in [1.82, 2.24) is 5.32 Å². The van der Waals surface area contributed by atoms with Gasteiger partial charge in [-0.15, -0.1) is 0 Å². The largest absolute Gasteiger partial charge is 0.479 e. The summed E-state index contributed by atoms with van der Waals surface area (Å²) in [7, 11) is 0. The molecule has 0 bridgehead atoms. The van der Waals surface area contributed by atoms with Gasteiger partial charge in [-0.3, -0.25) is 4.79 Å². The van der Waals surface area contributed by atoms with Crippen molar-refractivity contribution in [3.05, 3.63) is 62.4 Å². The lowest BCUT2D eigenvalue weighted by atomic mass is 10.2. The Morgan fingerprint density at radius 1 is 1.32 bits per heavy atom. The number of carboxylic acids is 1. The van der Waals surface area contributed by atoms with Crippen molar-refractivity contribution in [2.45, 2.75) is 13.0 Å². The van der Waals surface area contributed by atoms with Crippen LogP contribution in [-0.4, -0.2) is 28.3 Å². The van der Waals surface area contributed by atoms with Crippen molar-refractivity contribution in [3.8, 4) is 5.75 Å². The molecule has 3 rings (SSSR count). The quantitative estimate of drug-likeness (QED) is 0.596. The number of ether oxygens (including phenoxy) is 1. The van der Waals surface area contributed by atoms with E-state index in [1.54, 1.807) is 48.5 Å². The number of carbonyl (C=O) groups is 2. The number of hydrogen-bond acceptors (Lipinski definition) is 5. The number of halogens is 2. The number of amidine groups is 1. The van der Waals surface area contributed by atoms with E-state index in [4.69, 9.17) is 21.4 Å². The van der Waals surface area contributed by atoms with Crippen molar-refractivity contribution >= 4 is 68.1 Å². The average molecular weight is 482 g/mol. The van der Waals surface area contributed by atoms with Crippen molar-refractivity contribution in [2.24, 2.45) is 4.99 Å². The van der Waals surface area contributed by atoms with E-state index in [-0.39, 0.29) is 5.91 Å². The Balaban J connectivity index is 1.72. The zero-order chi connectivity index (χ0) is 20.3. The molecule has 1 saturated heterocycles. The van der Waals surface area contributed by atoms with E-state index in [0.29, 0.717) is 26.5 Å². The van der Waals surface area contributed by atoms with Gasteiger partial charge in [0.1, 0.15) is 5.75 Å². The highest BCUT2D eigenvalue weighted by molar-refractivity contribution is 9.10. The number of aliphatic imine (C=N–C) groups is 1. The second-order valence-electron chi connectivity index (χ2n) is 5.75. The third-order valence-corrected chi connectivity index (χ3v) is 5.77. The predicted octanol–water partition coefficient (Wildman–Crippen LogP) is 4.85. The van der Waals surface area contributed by atoms with Crippen LogP contribution in [0, 0.1) is 0 Å². The molecule has 2 aromatic carbocycles. The summed E-state index contributed by atoms with van der Waals surface area (Å²) in [6.45, 7) is 1.46. The van der Waals surface area contributed by atoms with Gasteiger partial charge < -0.3 is 15.2 Å². The smallest absolute Gasteiger partial charge is 0.344 e. The SMILES string of the molecule is CC(Oc1ccc(/C=C2\SC(=Nc3ccc(Br)c(Cl)c3)NC2=O)cc1)C(=O)O. The van der Waals surface area contributed by atoms with Crippen LogP contribution in [0.2, 0.25) is 5.02 Å². The molecule has 1 atom stereocenters. The molecule has 1 aliphatic heterocycles. The zero-order valence-corrected chi connectivity index (χ0v) is 17.6. The summed E-state index contributed by atoms with van der Waals surface area (Å²) in [6.07, 6.45) is 0.785. The van der Waals surface area contributed by atoms with Gasteiger partial charge >= 0.3 is 5.97 Å². The highest BCUT2D eigenvalue weighted by atomic mass is 79.9. The number of carbonyl (C=O) groups excluding carboxylic acids is 1. The Morgan fingerprint density at radius 3 is 2.68 bits per heavy atom. The summed E-state index contributed by atoms with van der Waals surface area (Å²) >= 11 is 10.6. The normalized spacial score (nSPS) is 17.6. The molecule has 28 heavy (non-hydrogen) atoms.